The van der Waals surface area contributed by atoms with Gasteiger partial charge in [-0.1, -0.05) is 12.1 Å². The Morgan fingerprint density at radius 3 is 2.58 bits per heavy atom. The monoisotopic (exact) mass is 455 g/mol. The summed E-state index contributed by atoms with van der Waals surface area (Å²) in [6.07, 6.45) is 1.76. The van der Waals surface area contributed by atoms with E-state index < -0.39 is 4.92 Å². The van der Waals surface area contributed by atoms with Gasteiger partial charge in [0.05, 0.1) is 38.0 Å². The van der Waals surface area contributed by atoms with Crippen LogP contribution >= 0.6 is 0 Å². The molecule has 0 bridgehead atoms. The zero-order valence-electron chi connectivity index (χ0n) is 18.5. The van der Waals surface area contributed by atoms with Crippen LogP contribution in [0.1, 0.15) is 5.56 Å². The third kappa shape index (κ3) is 4.40. The molecule has 3 aromatic rings. The normalized spacial score (nSPS) is 13.7. The average molecular weight is 455 g/mol. The van der Waals surface area contributed by atoms with E-state index in [9.17, 15) is 10.1 Å². The minimum absolute atomic E-state index is 0.111. The summed E-state index contributed by atoms with van der Waals surface area (Å²) in [5.74, 6) is 1.24. The first-order valence-electron chi connectivity index (χ1n) is 10.4. The van der Waals surface area contributed by atoms with Gasteiger partial charge in [-0.25, -0.2) is 4.63 Å². The highest BCUT2D eigenvalue weighted by Gasteiger charge is 2.31. The van der Waals surface area contributed by atoms with E-state index in [-0.39, 0.29) is 11.2 Å². The van der Waals surface area contributed by atoms with Crippen LogP contribution in [0, 0.1) is 10.1 Å². The molecule has 11 heteroatoms. The number of nitro benzene ring substituents is 1. The van der Waals surface area contributed by atoms with Crippen molar-refractivity contribution in [3.63, 3.8) is 0 Å². The lowest BCUT2D eigenvalue weighted by molar-refractivity contribution is -0.382. The molecule has 4 rings (SSSR count). The third-order valence-electron chi connectivity index (χ3n) is 5.52. The van der Waals surface area contributed by atoms with Crippen LogP contribution in [0.25, 0.3) is 11.0 Å². The number of ether oxygens (including phenoxy) is 3. The predicted octanol–water partition coefficient (Wildman–Crippen LogP) is 3.18. The Hall–Kier alpha value is -3.86. The van der Waals surface area contributed by atoms with E-state index in [1.54, 1.807) is 26.4 Å². The van der Waals surface area contributed by atoms with Gasteiger partial charge in [0.1, 0.15) is 5.69 Å². The van der Waals surface area contributed by atoms with Crippen LogP contribution in [-0.4, -0.2) is 62.3 Å². The number of hydrogen-bond acceptors (Lipinski definition) is 10. The highest BCUT2D eigenvalue weighted by molar-refractivity contribution is 6.00. The second-order valence-electron chi connectivity index (χ2n) is 7.44. The summed E-state index contributed by atoms with van der Waals surface area (Å²) < 4.78 is 21.1. The lowest BCUT2D eigenvalue weighted by Gasteiger charge is -2.30. The topological polar surface area (TPSA) is 116 Å². The van der Waals surface area contributed by atoms with Gasteiger partial charge in [0.15, 0.2) is 17.0 Å². The standard InChI is InChI=1S/C22H25N5O6/c1-4-7-26(14-15-5-6-18(30-2)19(12-15)31-3)16-13-17(25-8-10-32-11-9-25)22(27(28)29)21-20(16)23-33-24-21/h4-6,12-13H,1,7-11,14H2,2-3H3. The first-order valence-corrected chi connectivity index (χ1v) is 10.4. The van der Waals surface area contributed by atoms with E-state index in [0.717, 1.165) is 5.56 Å². The van der Waals surface area contributed by atoms with Crippen LogP contribution in [0.3, 0.4) is 0 Å². The first-order chi connectivity index (χ1) is 16.1. The van der Waals surface area contributed by atoms with E-state index in [0.29, 0.717) is 67.8 Å². The summed E-state index contributed by atoms with van der Waals surface area (Å²) in [4.78, 5) is 15.5. The Labute approximate surface area is 190 Å². The molecule has 0 saturated carbocycles. The van der Waals surface area contributed by atoms with Crippen LogP contribution in [0.5, 0.6) is 11.5 Å². The van der Waals surface area contributed by atoms with Gasteiger partial charge in [-0.2, -0.15) is 0 Å². The Morgan fingerprint density at radius 2 is 1.91 bits per heavy atom. The largest absolute Gasteiger partial charge is 0.493 e. The molecule has 0 amide bonds. The molecule has 1 aliphatic heterocycles. The van der Waals surface area contributed by atoms with Crippen LogP contribution < -0.4 is 19.3 Å². The second-order valence-corrected chi connectivity index (χ2v) is 7.44. The van der Waals surface area contributed by atoms with Crippen LogP contribution in [-0.2, 0) is 11.3 Å². The molecular weight excluding hydrogens is 430 g/mol. The zero-order chi connectivity index (χ0) is 23.4. The molecule has 11 nitrogen and oxygen atoms in total. The van der Waals surface area contributed by atoms with Gasteiger partial charge in [-0.15, -0.1) is 6.58 Å². The van der Waals surface area contributed by atoms with Crippen molar-refractivity contribution >= 4 is 28.1 Å². The van der Waals surface area contributed by atoms with Crippen LogP contribution in [0.4, 0.5) is 17.1 Å². The maximum atomic E-state index is 12.0. The predicted molar refractivity (Wildman–Crippen MR) is 122 cm³/mol. The first kappa shape index (κ1) is 22.3. The molecule has 33 heavy (non-hydrogen) atoms. The maximum absolute atomic E-state index is 12.0. The number of morpholine rings is 1. The minimum atomic E-state index is -0.437. The molecule has 1 aromatic heterocycles. The molecule has 2 heterocycles. The molecule has 1 fully saturated rings. The lowest BCUT2D eigenvalue weighted by Crippen LogP contribution is -2.36. The Morgan fingerprint density at radius 1 is 1.18 bits per heavy atom. The Balaban J connectivity index is 1.81. The number of anilines is 2. The van der Waals surface area contributed by atoms with E-state index >= 15 is 0 Å². The fourth-order valence-electron chi connectivity index (χ4n) is 3.97. The molecule has 1 saturated heterocycles. The van der Waals surface area contributed by atoms with E-state index in [4.69, 9.17) is 18.8 Å². The number of rotatable bonds is 9. The van der Waals surface area contributed by atoms with Gasteiger partial charge in [0.25, 0.3) is 0 Å². The second kappa shape index (κ2) is 9.74. The number of nitrogens with zero attached hydrogens (tertiary/aromatic N) is 5. The fourth-order valence-corrected chi connectivity index (χ4v) is 3.97. The quantitative estimate of drug-likeness (QED) is 0.270. The molecular formula is C22H25N5O6. The number of benzene rings is 2. The molecule has 174 valence electrons. The van der Waals surface area contributed by atoms with Crippen molar-refractivity contribution in [1.29, 1.82) is 0 Å². The van der Waals surface area contributed by atoms with Crippen LogP contribution in [0.2, 0.25) is 0 Å². The Kier molecular flexibility index (Phi) is 6.59. The molecule has 2 aromatic carbocycles. The fraction of sp³-hybridized carbons (Fsp3) is 0.364. The molecule has 0 N–H and O–H groups in total. The van der Waals surface area contributed by atoms with Crippen molar-refractivity contribution in [2.24, 2.45) is 0 Å². The number of nitro groups is 1. The van der Waals surface area contributed by atoms with Crippen molar-refractivity contribution in [1.82, 2.24) is 10.3 Å². The summed E-state index contributed by atoms with van der Waals surface area (Å²) in [6, 6.07) is 7.44. The third-order valence-corrected chi connectivity index (χ3v) is 5.52. The van der Waals surface area contributed by atoms with Gasteiger partial charge < -0.3 is 24.0 Å². The van der Waals surface area contributed by atoms with Crippen molar-refractivity contribution in [2.75, 3.05) is 56.9 Å². The number of fused-ring (bicyclic) bond motifs is 1. The molecule has 0 atom stereocenters. The number of hydrogen-bond donors (Lipinski definition) is 0. The molecule has 0 aliphatic carbocycles. The molecule has 0 radical (unpaired) electrons. The molecule has 1 aliphatic rings. The maximum Gasteiger partial charge on any atom is 0.323 e. The highest BCUT2D eigenvalue weighted by Crippen LogP contribution is 2.41. The smallest absolute Gasteiger partial charge is 0.323 e. The van der Waals surface area contributed by atoms with E-state index in [2.05, 4.69) is 16.9 Å². The van der Waals surface area contributed by atoms with Crippen LogP contribution in [0.15, 0.2) is 41.5 Å². The highest BCUT2D eigenvalue weighted by atomic mass is 16.6. The van der Waals surface area contributed by atoms with Gasteiger partial charge in [0, 0.05) is 26.2 Å². The van der Waals surface area contributed by atoms with E-state index in [1.807, 2.05) is 28.0 Å². The van der Waals surface area contributed by atoms with Gasteiger partial charge in [-0.3, -0.25) is 10.1 Å². The summed E-state index contributed by atoms with van der Waals surface area (Å²) >= 11 is 0. The van der Waals surface area contributed by atoms with Crippen molar-refractivity contribution in [3.05, 3.63) is 52.6 Å². The Bertz CT molecular complexity index is 1160. The summed E-state index contributed by atoms with van der Waals surface area (Å²) in [7, 11) is 3.17. The number of aromatic nitrogens is 2. The van der Waals surface area contributed by atoms with Gasteiger partial charge in [0.2, 0.25) is 5.52 Å². The summed E-state index contributed by atoms with van der Waals surface area (Å²) in [5, 5.41) is 19.9. The number of methoxy groups -OCH3 is 2. The van der Waals surface area contributed by atoms with Crippen molar-refractivity contribution in [3.8, 4) is 11.5 Å². The van der Waals surface area contributed by atoms with Gasteiger partial charge in [-0.05, 0) is 34.1 Å². The van der Waals surface area contributed by atoms with Crippen molar-refractivity contribution < 1.29 is 23.8 Å². The summed E-state index contributed by atoms with van der Waals surface area (Å²) in [5.41, 5.74) is 2.38. The lowest BCUT2D eigenvalue weighted by atomic mass is 10.1. The van der Waals surface area contributed by atoms with Crippen molar-refractivity contribution in [2.45, 2.75) is 6.54 Å². The average Bonchev–Trinajstić information content (AvgIpc) is 3.32. The SMILES string of the molecule is C=CCN(Cc1ccc(OC)c(OC)c1)c1cc(N2CCOCC2)c([N+](=O)[O-])c2nonc12. The zero-order valence-corrected chi connectivity index (χ0v) is 18.5. The molecule has 0 unspecified atom stereocenters. The van der Waals surface area contributed by atoms with E-state index in [1.165, 1.54) is 0 Å². The van der Waals surface area contributed by atoms with Gasteiger partial charge >= 0.3 is 5.69 Å². The minimum Gasteiger partial charge on any atom is -0.493 e. The molecule has 0 spiro atoms. The summed E-state index contributed by atoms with van der Waals surface area (Å²) in [6.45, 7) is 6.86.